The summed E-state index contributed by atoms with van der Waals surface area (Å²) in [5, 5.41) is 5.92. The van der Waals surface area contributed by atoms with Gasteiger partial charge >= 0.3 is 5.63 Å². The number of para-hydroxylation sites is 1. The minimum Gasteiger partial charge on any atom is -0.437 e. The predicted molar refractivity (Wildman–Crippen MR) is 136 cm³/mol. The van der Waals surface area contributed by atoms with Crippen molar-refractivity contribution in [2.24, 2.45) is 0 Å². The number of ether oxygens (including phenoxy) is 1. The number of rotatable bonds is 2. The first kappa shape index (κ1) is 20.8. The lowest BCUT2D eigenvalue weighted by Crippen LogP contribution is -2.22. The molecule has 1 aliphatic rings. The maximum absolute atomic E-state index is 13.4. The van der Waals surface area contributed by atoms with Gasteiger partial charge in [0.1, 0.15) is 11.9 Å². The van der Waals surface area contributed by atoms with Crippen molar-refractivity contribution in [1.82, 2.24) is 19.6 Å². The van der Waals surface area contributed by atoms with E-state index in [0.29, 0.717) is 50.2 Å². The van der Waals surface area contributed by atoms with Crippen LogP contribution in [-0.4, -0.2) is 19.6 Å². The van der Waals surface area contributed by atoms with Crippen molar-refractivity contribution in [3.05, 3.63) is 117 Å². The molecule has 4 heterocycles. The molecule has 3 aromatic heterocycles. The minimum absolute atomic E-state index is 0.361. The topological polar surface area (TPSA) is 82.5 Å². The van der Waals surface area contributed by atoms with Crippen molar-refractivity contribution < 1.29 is 9.15 Å². The van der Waals surface area contributed by atoms with E-state index in [4.69, 9.17) is 25.7 Å². The summed E-state index contributed by atoms with van der Waals surface area (Å²) in [5.41, 5.74) is 4.26. The van der Waals surface area contributed by atoms with E-state index in [1.165, 1.54) is 0 Å². The average Bonchev–Trinajstić information content (AvgIpc) is 3.32. The Morgan fingerprint density at radius 2 is 1.81 bits per heavy atom. The Morgan fingerprint density at radius 3 is 2.67 bits per heavy atom. The van der Waals surface area contributed by atoms with Crippen LogP contribution in [0.4, 0.5) is 0 Å². The third kappa shape index (κ3) is 3.06. The van der Waals surface area contributed by atoms with Crippen LogP contribution in [-0.2, 0) is 0 Å². The molecule has 0 spiro atoms. The van der Waals surface area contributed by atoms with E-state index in [1.807, 2.05) is 67.6 Å². The molecule has 0 bridgehead atoms. The number of fused-ring (bicyclic) bond motifs is 6. The van der Waals surface area contributed by atoms with Crippen LogP contribution < -0.4 is 10.4 Å². The highest BCUT2D eigenvalue weighted by Crippen LogP contribution is 2.49. The summed E-state index contributed by atoms with van der Waals surface area (Å²) in [6, 6.07) is 22.6. The normalized spacial score (nSPS) is 14.4. The van der Waals surface area contributed by atoms with E-state index >= 15 is 0 Å². The van der Waals surface area contributed by atoms with E-state index in [9.17, 15) is 4.79 Å². The summed E-state index contributed by atoms with van der Waals surface area (Å²) in [6.45, 7) is 2.01. The molecule has 1 atom stereocenters. The van der Waals surface area contributed by atoms with Crippen molar-refractivity contribution >= 4 is 28.2 Å². The molecule has 7 rings (SSSR count). The third-order valence-electron chi connectivity index (χ3n) is 6.53. The van der Waals surface area contributed by atoms with Crippen LogP contribution in [0.15, 0.2) is 88.3 Å². The number of benzene rings is 3. The average molecular weight is 493 g/mol. The monoisotopic (exact) mass is 492 g/mol. The largest absolute Gasteiger partial charge is 0.437 e. The molecule has 0 radical (unpaired) electrons. The minimum atomic E-state index is -0.576. The van der Waals surface area contributed by atoms with Crippen LogP contribution >= 0.6 is 11.6 Å². The van der Waals surface area contributed by atoms with Gasteiger partial charge < -0.3 is 9.15 Å². The molecule has 0 saturated heterocycles. The van der Waals surface area contributed by atoms with Gasteiger partial charge in [0.25, 0.3) is 0 Å². The van der Waals surface area contributed by atoms with Crippen molar-refractivity contribution in [2.75, 3.05) is 0 Å². The number of nitrogens with zero attached hydrogens (tertiary/aromatic N) is 4. The number of hydrogen-bond donors (Lipinski definition) is 0. The second-order valence-corrected chi connectivity index (χ2v) is 9.14. The summed E-state index contributed by atoms with van der Waals surface area (Å²) >= 11 is 6.39. The molecule has 1 aliphatic heterocycles. The molecule has 0 amide bonds. The molecule has 36 heavy (non-hydrogen) atoms. The first-order valence-corrected chi connectivity index (χ1v) is 11.8. The summed E-state index contributed by atoms with van der Waals surface area (Å²) in [7, 11) is 0. The van der Waals surface area contributed by atoms with Crippen LogP contribution in [0.25, 0.3) is 28.0 Å². The summed E-state index contributed by atoms with van der Waals surface area (Å²) < 4.78 is 13.7. The molecule has 0 N–H and O–H groups in total. The summed E-state index contributed by atoms with van der Waals surface area (Å²) in [4.78, 5) is 22.9. The van der Waals surface area contributed by atoms with Crippen molar-refractivity contribution in [3.8, 4) is 23.0 Å². The molecule has 3 aromatic carbocycles. The van der Waals surface area contributed by atoms with Gasteiger partial charge in [-0.05, 0) is 42.3 Å². The Morgan fingerprint density at radius 1 is 0.972 bits per heavy atom. The Kier molecular flexibility index (Phi) is 4.49. The van der Waals surface area contributed by atoms with Gasteiger partial charge in [0, 0.05) is 10.6 Å². The van der Waals surface area contributed by atoms with Crippen molar-refractivity contribution in [3.63, 3.8) is 0 Å². The predicted octanol–water partition coefficient (Wildman–Crippen LogP) is 6.15. The quantitative estimate of drug-likeness (QED) is 0.269. The number of halogens is 1. The fourth-order valence-electron chi connectivity index (χ4n) is 4.89. The van der Waals surface area contributed by atoms with Crippen molar-refractivity contribution in [2.45, 2.75) is 12.8 Å². The third-order valence-corrected chi connectivity index (χ3v) is 6.76. The highest BCUT2D eigenvalue weighted by molar-refractivity contribution is 6.30. The molecule has 0 saturated carbocycles. The summed E-state index contributed by atoms with van der Waals surface area (Å²) in [6.07, 6.45) is 1.58. The molecular weight excluding hydrogens is 476 g/mol. The highest BCUT2D eigenvalue weighted by Gasteiger charge is 2.37. The molecule has 0 fully saturated rings. The lowest BCUT2D eigenvalue weighted by molar-refractivity contribution is 0.422. The van der Waals surface area contributed by atoms with Crippen LogP contribution in [0.5, 0.6) is 11.6 Å². The molecule has 0 aliphatic carbocycles. The second kappa shape index (κ2) is 7.76. The van der Waals surface area contributed by atoms with E-state index in [0.717, 1.165) is 16.7 Å². The Labute approximate surface area is 209 Å². The van der Waals surface area contributed by atoms with E-state index in [-0.39, 0.29) is 0 Å². The molecule has 1 unspecified atom stereocenters. The number of aryl methyl sites for hydroxylation is 1. The van der Waals surface area contributed by atoms with E-state index < -0.39 is 11.5 Å². The molecule has 6 aromatic rings. The lowest BCUT2D eigenvalue weighted by atomic mass is 9.84. The van der Waals surface area contributed by atoms with Gasteiger partial charge in [0.15, 0.2) is 17.2 Å². The van der Waals surface area contributed by atoms with Gasteiger partial charge in [0.05, 0.1) is 22.4 Å². The maximum Gasteiger partial charge on any atom is 0.344 e. The van der Waals surface area contributed by atoms with Gasteiger partial charge in [-0.25, -0.2) is 19.3 Å². The van der Waals surface area contributed by atoms with Crippen LogP contribution in [0, 0.1) is 6.92 Å². The smallest absolute Gasteiger partial charge is 0.344 e. The molecular formula is C28H17ClN4O3. The maximum atomic E-state index is 13.4. The fourth-order valence-corrected chi connectivity index (χ4v) is 5.09. The number of aromatic nitrogens is 4. The Bertz CT molecular complexity index is 1890. The lowest BCUT2D eigenvalue weighted by Gasteiger charge is -2.27. The highest BCUT2D eigenvalue weighted by atomic mass is 35.5. The zero-order valence-corrected chi connectivity index (χ0v) is 19.7. The zero-order chi connectivity index (χ0) is 24.4. The first-order chi connectivity index (χ1) is 17.6. The van der Waals surface area contributed by atoms with Crippen LogP contribution in [0.3, 0.4) is 0 Å². The second-order valence-electron chi connectivity index (χ2n) is 8.70. The molecule has 8 heteroatoms. The SMILES string of the molecule is Cc1ccccc1-c1nc2c3c(ncn2n1)Oc1c(c(=O)oc2ccccc12)C3c1cccc(Cl)c1. The summed E-state index contributed by atoms with van der Waals surface area (Å²) in [5.74, 6) is 0.771. The number of hydrogen-bond acceptors (Lipinski definition) is 6. The van der Waals surface area contributed by atoms with Gasteiger partial charge in [-0.1, -0.05) is 60.1 Å². The van der Waals surface area contributed by atoms with Gasteiger partial charge in [-0.2, -0.15) is 0 Å². The van der Waals surface area contributed by atoms with E-state index in [2.05, 4.69) is 10.1 Å². The zero-order valence-electron chi connectivity index (χ0n) is 19.0. The van der Waals surface area contributed by atoms with Gasteiger partial charge in [-0.15, -0.1) is 5.10 Å². The molecule has 174 valence electrons. The van der Waals surface area contributed by atoms with Gasteiger partial charge in [-0.3, -0.25) is 0 Å². The Balaban J connectivity index is 1.56. The standard InChI is InChI=1S/C28H17ClN4O3/c1-15-7-2-3-10-18(15)25-31-26-23-21(16-8-6-9-17(29)13-16)22-24(36-27(23)30-14-33(26)32-25)19-11-4-5-12-20(19)35-28(22)34/h2-14,21H,1H3. The van der Waals surface area contributed by atoms with Gasteiger partial charge in [0.2, 0.25) is 5.88 Å². The first-order valence-electron chi connectivity index (χ1n) is 11.4. The fraction of sp³-hybridized carbons (Fsp3) is 0.0714. The molecule has 7 nitrogen and oxygen atoms in total. The van der Waals surface area contributed by atoms with Crippen molar-refractivity contribution in [1.29, 1.82) is 0 Å². The van der Waals surface area contributed by atoms with E-state index in [1.54, 1.807) is 23.0 Å². The van der Waals surface area contributed by atoms with Crippen LogP contribution in [0.1, 0.15) is 28.2 Å². The van der Waals surface area contributed by atoms with Crippen LogP contribution in [0.2, 0.25) is 5.02 Å². The Hall–Kier alpha value is -4.49.